The molecule has 0 radical (unpaired) electrons. The number of aliphatic hydroxyl groups is 1. The summed E-state index contributed by atoms with van der Waals surface area (Å²) in [5.41, 5.74) is 1.43. The molecule has 0 bridgehead atoms. The monoisotopic (exact) mass is 283 g/mol. The standard InChI is InChI=1S/C12H11Cl2N3O/c13-9-3-1-2-8(12(9)14)10-6-11(15-4-5-18)17-7-16-10/h1-3,6-7,18H,4-5H2,(H,15,16,17). The van der Waals surface area contributed by atoms with Crippen molar-refractivity contribution in [3.63, 3.8) is 0 Å². The maximum Gasteiger partial charge on any atom is 0.130 e. The van der Waals surface area contributed by atoms with Crippen LogP contribution < -0.4 is 5.32 Å². The van der Waals surface area contributed by atoms with Crippen LogP contribution in [-0.4, -0.2) is 28.2 Å². The van der Waals surface area contributed by atoms with Crippen molar-refractivity contribution < 1.29 is 5.11 Å². The van der Waals surface area contributed by atoms with E-state index in [2.05, 4.69) is 15.3 Å². The Morgan fingerprint density at radius 3 is 2.83 bits per heavy atom. The van der Waals surface area contributed by atoms with Crippen molar-refractivity contribution in [3.8, 4) is 11.3 Å². The summed E-state index contributed by atoms with van der Waals surface area (Å²) in [4.78, 5) is 8.21. The van der Waals surface area contributed by atoms with E-state index >= 15 is 0 Å². The van der Waals surface area contributed by atoms with Crippen molar-refractivity contribution in [2.75, 3.05) is 18.5 Å². The second kappa shape index (κ2) is 6.00. The summed E-state index contributed by atoms with van der Waals surface area (Å²) in [5, 5.41) is 12.7. The summed E-state index contributed by atoms with van der Waals surface area (Å²) in [6.45, 7) is 0.469. The molecular weight excluding hydrogens is 273 g/mol. The Kier molecular flexibility index (Phi) is 4.36. The van der Waals surface area contributed by atoms with Crippen molar-refractivity contribution in [3.05, 3.63) is 40.6 Å². The van der Waals surface area contributed by atoms with Crippen LogP contribution in [0.15, 0.2) is 30.6 Å². The highest BCUT2D eigenvalue weighted by molar-refractivity contribution is 6.43. The van der Waals surface area contributed by atoms with Gasteiger partial charge in [-0.1, -0.05) is 35.3 Å². The summed E-state index contributed by atoms with van der Waals surface area (Å²) in [6.07, 6.45) is 1.44. The average molecular weight is 284 g/mol. The normalized spacial score (nSPS) is 10.4. The molecule has 0 fully saturated rings. The first-order valence-electron chi connectivity index (χ1n) is 5.33. The SMILES string of the molecule is OCCNc1cc(-c2cccc(Cl)c2Cl)ncn1. The van der Waals surface area contributed by atoms with Gasteiger partial charge in [0.05, 0.1) is 22.3 Å². The van der Waals surface area contributed by atoms with Crippen LogP contribution in [0.3, 0.4) is 0 Å². The molecule has 4 nitrogen and oxygen atoms in total. The lowest BCUT2D eigenvalue weighted by atomic mass is 10.1. The molecule has 0 saturated heterocycles. The van der Waals surface area contributed by atoms with Crippen LogP contribution in [0.5, 0.6) is 0 Å². The largest absolute Gasteiger partial charge is 0.395 e. The number of hydrogen-bond acceptors (Lipinski definition) is 4. The molecular formula is C12H11Cl2N3O. The van der Waals surface area contributed by atoms with E-state index < -0.39 is 0 Å². The summed E-state index contributed by atoms with van der Waals surface area (Å²) >= 11 is 12.1. The maximum atomic E-state index is 8.75. The van der Waals surface area contributed by atoms with Crippen LogP contribution in [0.2, 0.25) is 10.0 Å². The molecule has 0 aliphatic heterocycles. The van der Waals surface area contributed by atoms with Gasteiger partial charge in [0.2, 0.25) is 0 Å². The zero-order valence-electron chi connectivity index (χ0n) is 9.40. The zero-order chi connectivity index (χ0) is 13.0. The minimum absolute atomic E-state index is 0.0389. The Morgan fingerprint density at radius 1 is 1.22 bits per heavy atom. The van der Waals surface area contributed by atoms with E-state index in [1.165, 1.54) is 6.33 Å². The van der Waals surface area contributed by atoms with Crippen LogP contribution in [0.1, 0.15) is 0 Å². The van der Waals surface area contributed by atoms with Crippen molar-refractivity contribution in [1.29, 1.82) is 0 Å². The first-order valence-corrected chi connectivity index (χ1v) is 6.09. The van der Waals surface area contributed by atoms with Gasteiger partial charge in [-0.3, -0.25) is 0 Å². The molecule has 0 spiro atoms. The first kappa shape index (κ1) is 13.1. The number of nitrogens with zero attached hydrogens (tertiary/aromatic N) is 2. The van der Waals surface area contributed by atoms with Gasteiger partial charge in [-0.2, -0.15) is 0 Å². The number of halogens is 2. The van der Waals surface area contributed by atoms with Gasteiger partial charge >= 0.3 is 0 Å². The fraction of sp³-hybridized carbons (Fsp3) is 0.167. The van der Waals surface area contributed by atoms with Gasteiger partial charge in [0, 0.05) is 18.2 Å². The number of aromatic nitrogens is 2. The Hall–Kier alpha value is -1.36. The molecule has 0 atom stereocenters. The molecule has 94 valence electrons. The second-order valence-corrected chi connectivity index (χ2v) is 4.33. The van der Waals surface area contributed by atoms with E-state index in [1.54, 1.807) is 12.1 Å². The van der Waals surface area contributed by atoms with E-state index in [1.807, 2.05) is 12.1 Å². The molecule has 2 rings (SSSR count). The quantitative estimate of drug-likeness (QED) is 0.906. The molecule has 0 aliphatic rings. The molecule has 1 heterocycles. The van der Waals surface area contributed by atoms with E-state index in [-0.39, 0.29) is 6.61 Å². The number of benzene rings is 1. The number of aliphatic hydroxyl groups excluding tert-OH is 1. The zero-order valence-corrected chi connectivity index (χ0v) is 10.9. The van der Waals surface area contributed by atoms with E-state index in [4.69, 9.17) is 28.3 Å². The summed E-state index contributed by atoms with van der Waals surface area (Å²) in [5.74, 6) is 0.630. The third kappa shape index (κ3) is 2.90. The Bertz CT molecular complexity index is 549. The third-order valence-electron chi connectivity index (χ3n) is 2.31. The van der Waals surface area contributed by atoms with Crippen LogP contribution in [-0.2, 0) is 0 Å². The Balaban J connectivity index is 2.35. The predicted octanol–water partition coefficient (Wildman–Crippen LogP) is 2.85. The lowest BCUT2D eigenvalue weighted by molar-refractivity contribution is 0.311. The van der Waals surface area contributed by atoms with Gasteiger partial charge < -0.3 is 10.4 Å². The van der Waals surface area contributed by atoms with E-state index in [0.717, 1.165) is 5.56 Å². The van der Waals surface area contributed by atoms with Gasteiger partial charge in [-0.15, -0.1) is 0 Å². The number of rotatable bonds is 4. The molecule has 0 saturated carbocycles. The second-order valence-electron chi connectivity index (χ2n) is 3.54. The average Bonchev–Trinajstić information content (AvgIpc) is 2.40. The molecule has 2 aromatic rings. The molecule has 18 heavy (non-hydrogen) atoms. The van der Waals surface area contributed by atoms with Crippen molar-refractivity contribution >= 4 is 29.0 Å². The van der Waals surface area contributed by atoms with Gasteiger partial charge in [-0.25, -0.2) is 9.97 Å². The summed E-state index contributed by atoms with van der Waals surface area (Å²) in [6, 6.07) is 7.13. The highest BCUT2D eigenvalue weighted by atomic mass is 35.5. The lowest BCUT2D eigenvalue weighted by Gasteiger charge is -2.07. The van der Waals surface area contributed by atoms with Gasteiger partial charge in [0.15, 0.2) is 0 Å². The minimum Gasteiger partial charge on any atom is -0.395 e. The Labute approximate surface area is 115 Å². The lowest BCUT2D eigenvalue weighted by Crippen LogP contribution is -2.07. The van der Waals surface area contributed by atoms with Gasteiger partial charge in [0.25, 0.3) is 0 Å². The number of hydrogen-bond donors (Lipinski definition) is 2. The summed E-state index contributed by atoms with van der Waals surface area (Å²) < 4.78 is 0. The molecule has 0 unspecified atom stereocenters. The van der Waals surface area contributed by atoms with Crippen LogP contribution in [0.25, 0.3) is 11.3 Å². The number of anilines is 1. The maximum absolute atomic E-state index is 8.75. The molecule has 6 heteroatoms. The van der Waals surface area contributed by atoms with Crippen molar-refractivity contribution in [1.82, 2.24) is 9.97 Å². The van der Waals surface area contributed by atoms with E-state index in [0.29, 0.717) is 28.1 Å². The smallest absolute Gasteiger partial charge is 0.130 e. The van der Waals surface area contributed by atoms with Crippen molar-refractivity contribution in [2.45, 2.75) is 0 Å². The molecule has 0 amide bonds. The first-order chi connectivity index (χ1) is 8.72. The molecule has 1 aromatic carbocycles. The van der Waals surface area contributed by atoms with Crippen LogP contribution in [0.4, 0.5) is 5.82 Å². The summed E-state index contributed by atoms with van der Waals surface area (Å²) in [7, 11) is 0. The third-order valence-corrected chi connectivity index (χ3v) is 3.13. The minimum atomic E-state index is 0.0389. The molecule has 0 aliphatic carbocycles. The highest BCUT2D eigenvalue weighted by Crippen LogP contribution is 2.32. The number of nitrogens with one attached hydrogen (secondary N) is 1. The fourth-order valence-electron chi connectivity index (χ4n) is 1.49. The van der Waals surface area contributed by atoms with Gasteiger partial charge in [-0.05, 0) is 6.07 Å². The fourth-order valence-corrected chi connectivity index (χ4v) is 1.88. The van der Waals surface area contributed by atoms with Crippen LogP contribution >= 0.6 is 23.2 Å². The molecule has 1 aromatic heterocycles. The van der Waals surface area contributed by atoms with Crippen molar-refractivity contribution in [2.24, 2.45) is 0 Å². The topological polar surface area (TPSA) is 58.0 Å². The highest BCUT2D eigenvalue weighted by Gasteiger charge is 2.08. The van der Waals surface area contributed by atoms with Crippen LogP contribution in [0, 0.1) is 0 Å². The predicted molar refractivity (Wildman–Crippen MR) is 73.1 cm³/mol. The molecule has 2 N–H and O–H groups in total. The Morgan fingerprint density at radius 2 is 2.06 bits per heavy atom. The van der Waals surface area contributed by atoms with Gasteiger partial charge in [0.1, 0.15) is 12.1 Å². The van der Waals surface area contributed by atoms with E-state index in [9.17, 15) is 0 Å².